The van der Waals surface area contributed by atoms with E-state index in [0.29, 0.717) is 0 Å². The van der Waals surface area contributed by atoms with Crippen LogP contribution in [0.5, 0.6) is 17.5 Å². The minimum Gasteiger partial charge on any atom is -0.487 e. The Hall–Kier alpha value is -2.75. The van der Waals surface area contributed by atoms with E-state index in [4.69, 9.17) is 19.9 Å². The summed E-state index contributed by atoms with van der Waals surface area (Å²) >= 11 is 0. The number of benzene rings is 1. The van der Waals surface area contributed by atoms with Crippen molar-refractivity contribution in [1.29, 1.82) is 0 Å². The van der Waals surface area contributed by atoms with Gasteiger partial charge in [0, 0.05) is 0 Å². The zero-order chi connectivity index (χ0) is 17.0. The van der Waals surface area contributed by atoms with Gasteiger partial charge in [-0.15, -0.1) is 0 Å². The van der Waals surface area contributed by atoms with E-state index in [2.05, 4.69) is 14.7 Å². The summed E-state index contributed by atoms with van der Waals surface area (Å²) in [5.41, 5.74) is 5.79. The number of nitrogens with one attached hydrogen (secondary N) is 1. The summed E-state index contributed by atoms with van der Waals surface area (Å²) in [6.45, 7) is 0. The van der Waals surface area contributed by atoms with Gasteiger partial charge in [0.1, 0.15) is 4.90 Å². The molecule has 0 unspecified atom stereocenters. The van der Waals surface area contributed by atoms with E-state index in [1.54, 1.807) is 12.1 Å². The first-order valence-electron chi connectivity index (χ1n) is 6.34. The third-order valence-corrected chi connectivity index (χ3v) is 4.23. The summed E-state index contributed by atoms with van der Waals surface area (Å²) in [5, 5.41) is 0. The molecule has 0 saturated heterocycles. The van der Waals surface area contributed by atoms with Gasteiger partial charge in [-0.05, 0) is 12.1 Å². The summed E-state index contributed by atoms with van der Waals surface area (Å²) in [6, 6.07) is 6.03. The molecule has 2 aromatic rings. The Kier molecular flexibility index (Phi) is 4.74. The van der Waals surface area contributed by atoms with Crippen LogP contribution in [0.1, 0.15) is 0 Å². The lowest BCUT2D eigenvalue weighted by molar-refractivity contribution is 0.308. The van der Waals surface area contributed by atoms with Crippen LogP contribution in [0.3, 0.4) is 0 Å². The molecule has 0 amide bonds. The molecule has 0 aliphatic heterocycles. The predicted molar refractivity (Wildman–Crippen MR) is 83.4 cm³/mol. The topological polar surface area (TPSA) is 126 Å². The number of nitrogens with two attached hydrogens (primary N) is 1. The number of para-hydroxylation sites is 1. The van der Waals surface area contributed by atoms with Gasteiger partial charge in [-0.1, -0.05) is 12.1 Å². The third-order valence-electron chi connectivity index (χ3n) is 2.83. The third kappa shape index (κ3) is 3.37. The molecule has 10 heteroatoms. The van der Waals surface area contributed by atoms with E-state index in [9.17, 15) is 8.42 Å². The SMILES string of the molecule is COc1nc(NS(=O)(=O)c2ccccc2N)nc(OC)c1OC. The molecule has 3 N–H and O–H groups in total. The first-order valence-corrected chi connectivity index (χ1v) is 7.82. The van der Waals surface area contributed by atoms with Crippen LogP contribution in [0.25, 0.3) is 0 Å². The standard InChI is InChI=1S/C13H16N4O5S/c1-20-10-11(21-2)15-13(16-12(10)22-3)17-23(18,19)9-7-5-4-6-8(9)14/h4-7H,14H2,1-3H3,(H,15,16,17). The van der Waals surface area contributed by atoms with Crippen molar-refractivity contribution < 1.29 is 22.6 Å². The second-order valence-electron chi connectivity index (χ2n) is 4.24. The van der Waals surface area contributed by atoms with Crippen LogP contribution in [0, 0.1) is 0 Å². The van der Waals surface area contributed by atoms with Crippen LogP contribution in [0.4, 0.5) is 11.6 Å². The molecule has 124 valence electrons. The highest BCUT2D eigenvalue weighted by Gasteiger charge is 2.22. The lowest BCUT2D eigenvalue weighted by atomic mass is 10.3. The lowest BCUT2D eigenvalue weighted by Gasteiger charge is -2.13. The number of aromatic nitrogens is 2. The van der Waals surface area contributed by atoms with E-state index in [0.717, 1.165) is 0 Å². The zero-order valence-corrected chi connectivity index (χ0v) is 13.5. The number of sulfonamides is 1. The maximum absolute atomic E-state index is 12.4. The van der Waals surface area contributed by atoms with Crippen molar-refractivity contribution in [3.05, 3.63) is 24.3 Å². The van der Waals surface area contributed by atoms with Crippen LogP contribution in [-0.2, 0) is 10.0 Å². The van der Waals surface area contributed by atoms with E-state index in [-0.39, 0.29) is 34.0 Å². The summed E-state index contributed by atoms with van der Waals surface area (Å²) < 4.78 is 42.2. The second-order valence-corrected chi connectivity index (χ2v) is 5.89. The molecular weight excluding hydrogens is 324 g/mol. The fourth-order valence-electron chi connectivity index (χ4n) is 1.81. The molecule has 0 aliphatic carbocycles. The second kappa shape index (κ2) is 6.57. The van der Waals surface area contributed by atoms with Crippen molar-refractivity contribution in [3.63, 3.8) is 0 Å². The minimum atomic E-state index is -3.97. The molecule has 9 nitrogen and oxygen atoms in total. The molecule has 2 rings (SSSR count). The molecule has 0 fully saturated rings. The Morgan fingerprint density at radius 1 is 1.00 bits per heavy atom. The quantitative estimate of drug-likeness (QED) is 0.742. The van der Waals surface area contributed by atoms with E-state index < -0.39 is 10.0 Å². The summed E-state index contributed by atoms with van der Waals surface area (Å²) in [6.07, 6.45) is 0. The molecule has 0 bridgehead atoms. The fourth-order valence-corrected chi connectivity index (χ4v) is 2.89. The number of hydrogen-bond acceptors (Lipinski definition) is 8. The first-order chi connectivity index (χ1) is 10.9. The van der Waals surface area contributed by atoms with Gasteiger partial charge in [-0.3, -0.25) is 0 Å². The van der Waals surface area contributed by atoms with Crippen molar-refractivity contribution in [2.24, 2.45) is 0 Å². The van der Waals surface area contributed by atoms with Crippen molar-refractivity contribution in [3.8, 4) is 17.5 Å². The van der Waals surface area contributed by atoms with Gasteiger partial charge in [0.2, 0.25) is 11.7 Å². The van der Waals surface area contributed by atoms with E-state index in [1.807, 2.05) is 0 Å². The van der Waals surface area contributed by atoms with Crippen molar-refractivity contribution in [1.82, 2.24) is 9.97 Å². The lowest BCUT2D eigenvalue weighted by Crippen LogP contribution is -2.17. The number of hydrogen-bond donors (Lipinski definition) is 2. The largest absolute Gasteiger partial charge is 0.487 e. The fraction of sp³-hybridized carbons (Fsp3) is 0.231. The Morgan fingerprint density at radius 3 is 2.04 bits per heavy atom. The van der Waals surface area contributed by atoms with Crippen molar-refractivity contribution in [2.75, 3.05) is 31.8 Å². The van der Waals surface area contributed by atoms with Gasteiger partial charge in [0.15, 0.2) is 0 Å². The Labute approximate surface area is 133 Å². The number of methoxy groups -OCH3 is 3. The van der Waals surface area contributed by atoms with E-state index >= 15 is 0 Å². The summed E-state index contributed by atoms with van der Waals surface area (Å²) in [4.78, 5) is 7.80. The summed E-state index contributed by atoms with van der Waals surface area (Å²) in [5.74, 6) is -0.0314. The monoisotopic (exact) mass is 340 g/mol. The van der Waals surface area contributed by atoms with Crippen LogP contribution in [0.2, 0.25) is 0 Å². The molecule has 0 saturated carbocycles. The number of anilines is 2. The average molecular weight is 340 g/mol. The molecule has 1 aromatic carbocycles. The Balaban J connectivity index is 2.46. The maximum atomic E-state index is 12.4. The smallest absolute Gasteiger partial charge is 0.266 e. The average Bonchev–Trinajstić information content (AvgIpc) is 2.53. The number of nitrogens with zero attached hydrogens (tertiary/aromatic N) is 2. The van der Waals surface area contributed by atoms with Gasteiger partial charge >= 0.3 is 0 Å². The zero-order valence-electron chi connectivity index (χ0n) is 12.7. The molecule has 23 heavy (non-hydrogen) atoms. The van der Waals surface area contributed by atoms with E-state index in [1.165, 1.54) is 33.5 Å². The number of nitrogen functional groups attached to an aromatic ring is 1. The summed E-state index contributed by atoms with van der Waals surface area (Å²) in [7, 11) is 0.139. The van der Waals surface area contributed by atoms with Gasteiger partial charge in [0.25, 0.3) is 21.8 Å². The highest BCUT2D eigenvalue weighted by molar-refractivity contribution is 7.92. The number of rotatable bonds is 6. The van der Waals surface area contributed by atoms with Gasteiger partial charge in [-0.25, -0.2) is 13.1 Å². The highest BCUT2D eigenvalue weighted by Crippen LogP contribution is 2.35. The Morgan fingerprint density at radius 2 is 1.57 bits per heavy atom. The normalized spacial score (nSPS) is 10.9. The highest BCUT2D eigenvalue weighted by atomic mass is 32.2. The molecule has 0 radical (unpaired) electrons. The van der Waals surface area contributed by atoms with Crippen LogP contribution >= 0.6 is 0 Å². The minimum absolute atomic E-state index is 0.0260. The van der Waals surface area contributed by atoms with Crippen LogP contribution in [0.15, 0.2) is 29.2 Å². The van der Waals surface area contributed by atoms with Crippen molar-refractivity contribution >= 4 is 21.7 Å². The van der Waals surface area contributed by atoms with Crippen LogP contribution < -0.4 is 24.7 Å². The molecule has 0 aliphatic rings. The van der Waals surface area contributed by atoms with Gasteiger partial charge < -0.3 is 19.9 Å². The Bertz CT molecular complexity index is 785. The predicted octanol–water partition coefficient (Wildman–Crippen LogP) is 0.885. The molecule has 0 atom stereocenters. The number of ether oxygens (including phenoxy) is 3. The van der Waals surface area contributed by atoms with Gasteiger partial charge in [0.05, 0.1) is 27.0 Å². The van der Waals surface area contributed by atoms with Crippen molar-refractivity contribution in [2.45, 2.75) is 4.90 Å². The van der Waals surface area contributed by atoms with Gasteiger partial charge in [-0.2, -0.15) is 9.97 Å². The van der Waals surface area contributed by atoms with Crippen LogP contribution in [-0.4, -0.2) is 39.7 Å². The molecule has 0 spiro atoms. The first kappa shape index (κ1) is 16.6. The molecular formula is C13H16N4O5S. The molecule has 1 aromatic heterocycles. The molecule has 1 heterocycles. The maximum Gasteiger partial charge on any atom is 0.266 e.